The number of para-hydroxylation sites is 1. The van der Waals surface area contributed by atoms with Crippen molar-refractivity contribution in [1.82, 2.24) is 0 Å². The van der Waals surface area contributed by atoms with Crippen molar-refractivity contribution in [1.29, 1.82) is 0 Å². The maximum absolute atomic E-state index is 2.49. The topological polar surface area (TPSA) is 3.24 Å². The Morgan fingerprint density at radius 3 is 1.64 bits per heavy atom. The zero-order chi connectivity index (χ0) is 39.8. The van der Waals surface area contributed by atoms with Gasteiger partial charge >= 0.3 is 0 Å². The molecule has 0 spiro atoms. The second-order valence-electron chi connectivity index (χ2n) is 17.7. The molecule has 0 unspecified atom stereocenters. The normalized spacial score (nSPS) is 15.0. The fourth-order valence-electron chi connectivity index (χ4n) is 10.8. The average molecular weight is 774 g/mol. The molecule has 0 atom stereocenters. The number of hydrogen-bond donors (Lipinski definition) is 0. The van der Waals surface area contributed by atoms with Crippen molar-refractivity contribution in [2.75, 3.05) is 11.9 Å². The van der Waals surface area contributed by atoms with E-state index in [0.29, 0.717) is 0 Å². The van der Waals surface area contributed by atoms with Gasteiger partial charge < -0.3 is 4.90 Å². The molecule has 1 aliphatic heterocycles. The maximum atomic E-state index is 2.49. The highest BCUT2D eigenvalue weighted by Crippen LogP contribution is 2.54. The molecule has 0 aromatic heterocycles. The lowest BCUT2D eigenvalue weighted by Gasteiger charge is -2.30. The predicted octanol–water partition coefficient (Wildman–Crippen LogP) is 15.8. The third-order valence-corrected chi connectivity index (χ3v) is 15.0. The van der Waals surface area contributed by atoms with Crippen LogP contribution in [0.5, 0.6) is 0 Å². The second kappa shape index (κ2) is 12.3. The fourth-order valence-corrected chi connectivity index (χ4v) is 12.0. The quantitative estimate of drug-likeness (QED) is 0.165. The number of fused-ring (bicyclic) bond motifs is 10. The lowest BCUT2D eigenvalue weighted by Crippen LogP contribution is -2.14. The minimum Gasteiger partial charge on any atom is -0.343 e. The Bertz CT molecular complexity index is 3270. The van der Waals surface area contributed by atoms with Gasteiger partial charge in [-0.15, -0.1) is 0 Å². The van der Waals surface area contributed by atoms with E-state index in [1.807, 2.05) is 11.8 Å². The van der Waals surface area contributed by atoms with Gasteiger partial charge in [0.15, 0.2) is 0 Å². The number of nitrogens with zero attached hydrogens (tertiary/aromatic N) is 1. The molecule has 282 valence electrons. The molecule has 1 nitrogen and oxygen atoms in total. The molecule has 9 aromatic rings. The largest absolute Gasteiger partial charge is 0.343 e. The van der Waals surface area contributed by atoms with Crippen molar-refractivity contribution < 1.29 is 0 Å². The summed E-state index contributed by atoms with van der Waals surface area (Å²) in [7, 11) is 2.20. The molecule has 1 heterocycles. The number of rotatable bonds is 3. The molecule has 2 aliphatic carbocycles. The zero-order valence-corrected chi connectivity index (χ0v) is 34.8. The summed E-state index contributed by atoms with van der Waals surface area (Å²) in [4.78, 5) is 4.94. The summed E-state index contributed by atoms with van der Waals surface area (Å²) in [5, 5.41) is 5.08. The van der Waals surface area contributed by atoms with Crippen LogP contribution in [0.3, 0.4) is 0 Å². The second-order valence-corrected chi connectivity index (χ2v) is 18.8. The molecule has 0 fully saturated rings. The van der Waals surface area contributed by atoms with E-state index in [1.165, 1.54) is 121 Å². The van der Waals surface area contributed by atoms with Crippen LogP contribution in [0.25, 0.3) is 77.2 Å². The van der Waals surface area contributed by atoms with Crippen molar-refractivity contribution in [3.63, 3.8) is 0 Å². The molecule has 0 radical (unpaired) electrons. The minimum absolute atomic E-state index is 0.0506. The van der Waals surface area contributed by atoms with Gasteiger partial charge in [0.25, 0.3) is 0 Å². The van der Waals surface area contributed by atoms with E-state index < -0.39 is 0 Å². The highest BCUT2D eigenvalue weighted by Gasteiger charge is 2.37. The van der Waals surface area contributed by atoms with E-state index in [4.69, 9.17) is 0 Å². The van der Waals surface area contributed by atoms with E-state index >= 15 is 0 Å². The zero-order valence-electron chi connectivity index (χ0n) is 34.0. The Kier molecular flexibility index (Phi) is 7.25. The van der Waals surface area contributed by atoms with Gasteiger partial charge in [-0.05, 0) is 142 Å². The molecular weight excluding hydrogens is 731 g/mol. The standard InChI is InChI=1S/C57H43NS/c1-56(2)47-19-11-9-15-39(47)44-31-36(24-28-48(44)56)55-42-17-7-6-16-41(42)54(37-25-29-53-51(33-37)58(5)50-20-12-13-21-52(50)59-53)43-27-23-34(30-45(43)55)35-22-26-40-38-14-8-10-18-46(38)57(3,4)49(40)32-35/h6-33H,1-5H3. The molecule has 9 aromatic carbocycles. The first kappa shape index (κ1) is 34.7. The minimum atomic E-state index is -0.0692. The summed E-state index contributed by atoms with van der Waals surface area (Å²) in [6.07, 6.45) is 0. The Morgan fingerprint density at radius 1 is 0.356 bits per heavy atom. The molecule has 59 heavy (non-hydrogen) atoms. The van der Waals surface area contributed by atoms with Crippen molar-refractivity contribution in [2.45, 2.75) is 48.3 Å². The molecule has 0 N–H and O–H groups in total. The van der Waals surface area contributed by atoms with Gasteiger partial charge in [0.2, 0.25) is 0 Å². The van der Waals surface area contributed by atoms with E-state index in [2.05, 4.69) is 210 Å². The number of benzene rings is 9. The van der Waals surface area contributed by atoms with Crippen LogP contribution in [0.2, 0.25) is 0 Å². The third kappa shape index (κ3) is 4.87. The monoisotopic (exact) mass is 773 g/mol. The maximum Gasteiger partial charge on any atom is 0.0556 e. The highest BCUT2D eigenvalue weighted by molar-refractivity contribution is 7.99. The van der Waals surface area contributed by atoms with Gasteiger partial charge in [-0.2, -0.15) is 0 Å². The highest BCUT2D eigenvalue weighted by atomic mass is 32.2. The van der Waals surface area contributed by atoms with Gasteiger partial charge in [-0.1, -0.05) is 167 Å². The molecule has 0 saturated carbocycles. The Hall–Kier alpha value is -6.35. The predicted molar refractivity (Wildman–Crippen MR) is 252 cm³/mol. The number of hydrogen-bond acceptors (Lipinski definition) is 2. The van der Waals surface area contributed by atoms with Gasteiger partial charge in [0.1, 0.15) is 0 Å². The van der Waals surface area contributed by atoms with Crippen molar-refractivity contribution in [3.05, 3.63) is 192 Å². The van der Waals surface area contributed by atoms with Crippen LogP contribution in [0.1, 0.15) is 49.9 Å². The van der Waals surface area contributed by atoms with E-state index in [1.54, 1.807) is 0 Å². The van der Waals surface area contributed by atoms with Crippen LogP contribution in [-0.4, -0.2) is 7.05 Å². The first-order valence-electron chi connectivity index (χ1n) is 20.8. The molecule has 2 heteroatoms. The molecule has 0 saturated heterocycles. The van der Waals surface area contributed by atoms with E-state index in [-0.39, 0.29) is 10.8 Å². The van der Waals surface area contributed by atoms with Crippen LogP contribution < -0.4 is 4.90 Å². The van der Waals surface area contributed by atoms with Gasteiger partial charge in [-0.3, -0.25) is 0 Å². The summed E-state index contributed by atoms with van der Waals surface area (Å²) in [6.45, 7) is 9.48. The Balaban J connectivity index is 1.12. The van der Waals surface area contributed by atoms with Crippen LogP contribution in [0.4, 0.5) is 11.4 Å². The lowest BCUT2D eigenvalue weighted by atomic mass is 9.80. The molecule has 0 amide bonds. The summed E-state index contributed by atoms with van der Waals surface area (Å²) in [5.41, 5.74) is 20.9. The fraction of sp³-hybridized carbons (Fsp3) is 0.123. The third-order valence-electron chi connectivity index (χ3n) is 13.9. The SMILES string of the molecule is CN1c2ccccc2Sc2ccc(-c3c4ccccc4c(-c4ccc5c(c4)-c4ccccc4C5(C)C)c4cc(-c5ccc6c(c5)C(C)(C)c5ccccc5-6)ccc34)cc21. The van der Waals surface area contributed by atoms with Crippen LogP contribution >= 0.6 is 11.8 Å². The summed E-state index contributed by atoms with van der Waals surface area (Å²) >= 11 is 1.86. The van der Waals surface area contributed by atoms with E-state index in [9.17, 15) is 0 Å². The summed E-state index contributed by atoms with van der Waals surface area (Å²) < 4.78 is 0. The molecule has 0 bridgehead atoms. The first-order chi connectivity index (χ1) is 28.7. The number of anilines is 2. The average Bonchev–Trinajstić information content (AvgIpc) is 3.64. The van der Waals surface area contributed by atoms with Gasteiger partial charge in [0.05, 0.1) is 11.4 Å². The lowest BCUT2D eigenvalue weighted by molar-refractivity contribution is 0.660. The van der Waals surface area contributed by atoms with E-state index in [0.717, 1.165) is 0 Å². The molecule has 3 aliphatic rings. The smallest absolute Gasteiger partial charge is 0.0556 e. The van der Waals surface area contributed by atoms with Crippen LogP contribution in [-0.2, 0) is 10.8 Å². The Morgan fingerprint density at radius 2 is 0.864 bits per heavy atom. The molecule has 12 rings (SSSR count). The summed E-state index contributed by atoms with van der Waals surface area (Å²) in [6, 6.07) is 64.5. The summed E-state index contributed by atoms with van der Waals surface area (Å²) in [5.74, 6) is 0. The first-order valence-corrected chi connectivity index (χ1v) is 21.6. The van der Waals surface area contributed by atoms with Gasteiger partial charge in [-0.25, -0.2) is 0 Å². The molecular formula is C57H43NS. The van der Waals surface area contributed by atoms with Crippen molar-refractivity contribution in [3.8, 4) is 55.6 Å². The van der Waals surface area contributed by atoms with Crippen molar-refractivity contribution in [2.24, 2.45) is 0 Å². The Labute approximate surface area is 351 Å². The van der Waals surface area contributed by atoms with Gasteiger partial charge in [0, 0.05) is 27.7 Å². The van der Waals surface area contributed by atoms with Crippen molar-refractivity contribution >= 4 is 44.7 Å². The van der Waals surface area contributed by atoms with Crippen LogP contribution in [0, 0.1) is 0 Å². The van der Waals surface area contributed by atoms with Crippen LogP contribution in [0.15, 0.2) is 180 Å².